The zero-order valence-corrected chi connectivity index (χ0v) is 11.5. The molecule has 0 unspecified atom stereocenters. The Kier molecular flexibility index (Phi) is 4.66. The van der Waals surface area contributed by atoms with Gasteiger partial charge in [0, 0.05) is 12.6 Å². The van der Waals surface area contributed by atoms with Crippen LogP contribution in [0.2, 0.25) is 5.02 Å². The van der Waals surface area contributed by atoms with Gasteiger partial charge in [0.2, 0.25) is 0 Å². The van der Waals surface area contributed by atoms with Crippen LogP contribution < -0.4 is 15.2 Å². The molecule has 0 aliphatic carbocycles. The van der Waals surface area contributed by atoms with E-state index in [1.54, 1.807) is 12.1 Å². The minimum Gasteiger partial charge on any atom is -0.491 e. The van der Waals surface area contributed by atoms with Gasteiger partial charge < -0.3 is 15.2 Å². The Bertz CT molecular complexity index is 558. The first kappa shape index (κ1) is 13.7. The van der Waals surface area contributed by atoms with E-state index in [0.29, 0.717) is 29.7 Å². The number of para-hydroxylation sites is 1. The van der Waals surface area contributed by atoms with Crippen LogP contribution in [0.25, 0.3) is 0 Å². The summed E-state index contributed by atoms with van der Waals surface area (Å²) in [4.78, 5) is 0. The zero-order chi connectivity index (χ0) is 13.7. The zero-order valence-electron chi connectivity index (χ0n) is 10.7. The molecule has 0 spiro atoms. The molecule has 100 valence electrons. The molecule has 4 heteroatoms. The van der Waals surface area contributed by atoms with Gasteiger partial charge in [0.1, 0.15) is 23.9 Å². The summed E-state index contributed by atoms with van der Waals surface area (Å²) in [6, 6.07) is 13.2. The standard InChI is InChI=1S/C15H16ClNO2/c1-11-4-2-3-5-14(11)19-12-6-7-15(13(16)10-12)18-9-8-17/h2-7,10H,8-9,17H2,1H3. The molecule has 0 radical (unpaired) electrons. The number of rotatable bonds is 5. The summed E-state index contributed by atoms with van der Waals surface area (Å²) in [5.74, 6) is 2.11. The van der Waals surface area contributed by atoms with Crippen LogP contribution in [0, 0.1) is 6.92 Å². The van der Waals surface area contributed by atoms with Crippen molar-refractivity contribution in [1.29, 1.82) is 0 Å². The van der Waals surface area contributed by atoms with Gasteiger partial charge in [-0.25, -0.2) is 0 Å². The van der Waals surface area contributed by atoms with E-state index >= 15 is 0 Å². The Morgan fingerprint density at radius 1 is 1.11 bits per heavy atom. The van der Waals surface area contributed by atoms with Crippen LogP contribution in [-0.2, 0) is 0 Å². The summed E-state index contributed by atoms with van der Waals surface area (Å²) < 4.78 is 11.2. The molecule has 19 heavy (non-hydrogen) atoms. The largest absolute Gasteiger partial charge is 0.491 e. The highest BCUT2D eigenvalue weighted by Crippen LogP contribution is 2.32. The summed E-state index contributed by atoms with van der Waals surface area (Å²) in [5, 5.41) is 0.513. The van der Waals surface area contributed by atoms with Crippen molar-refractivity contribution in [2.24, 2.45) is 5.73 Å². The maximum atomic E-state index is 6.13. The highest BCUT2D eigenvalue weighted by Gasteiger charge is 2.05. The predicted molar refractivity (Wildman–Crippen MR) is 77.3 cm³/mol. The number of hydrogen-bond donors (Lipinski definition) is 1. The highest BCUT2D eigenvalue weighted by molar-refractivity contribution is 6.32. The second-order valence-corrected chi connectivity index (χ2v) is 4.50. The first-order chi connectivity index (χ1) is 9.20. The Morgan fingerprint density at radius 3 is 2.58 bits per heavy atom. The number of aryl methyl sites for hydroxylation is 1. The lowest BCUT2D eigenvalue weighted by atomic mass is 10.2. The minimum atomic E-state index is 0.442. The quantitative estimate of drug-likeness (QED) is 0.904. The van der Waals surface area contributed by atoms with E-state index in [4.69, 9.17) is 26.8 Å². The molecule has 0 heterocycles. The molecule has 0 amide bonds. The third kappa shape index (κ3) is 3.63. The third-order valence-corrected chi connectivity index (χ3v) is 2.90. The summed E-state index contributed by atoms with van der Waals surface area (Å²) in [6.07, 6.45) is 0. The Balaban J connectivity index is 2.14. The van der Waals surface area contributed by atoms with E-state index in [2.05, 4.69) is 0 Å². The van der Waals surface area contributed by atoms with Crippen LogP contribution in [0.3, 0.4) is 0 Å². The second-order valence-electron chi connectivity index (χ2n) is 4.10. The molecule has 0 saturated heterocycles. The average Bonchev–Trinajstić information content (AvgIpc) is 2.40. The predicted octanol–water partition coefficient (Wildman–Crippen LogP) is 3.78. The van der Waals surface area contributed by atoms with E-state index < -0.39 is 0 Å². The van der Waals surface area contributed by atoms with Crippen LogP contribution in [0.4, 0.5) is 0 Å². The average molecular weight is 278 g/mol. The van der Waals surface area contributed by atoms with Gasteiger partial charge in [-0.1, -0.05) is 29.8 Å². The molecule has 0 bridgehead atoms. The van der Waals surface area contributed by atoms with Gasteiger partial charge in [-0.3, -0.25) is 0 Å². The van der Waals surface area contributed by atoms with Crippen LogP contribution in [-0.4, -0.2) is 13.2 Å². The van der Waals surface area contributed by atoms with Gasteiger partial charge in [0.25, 0.3) is 0 Å². The van der Waals surface area contributed by atoms with Crippen molar-refractivity contribution in [2.75, 3.05) is 13.2 Å². The fourth-order valence-corrected chi connectivity index (χ4v) is 1.85. The Labute approximate surface area is 117 Å². The molecule has 0 saturated carbocycles. The number of benzene rings is 2. The fourth-order valence-electron chi connectivity index (χ4n) is 1.63. The fraction of sp³-hybridized carbons (Fsp3) is 0.200. The van der Waals surface area contributed by atoms with Gasteiger partial charge in [0.05, 0.1) is 5.02 Å². The van der Waals surface area contributed by atoms with Gasteiger partial charge in [-0.15, -0.1) is 0 Å². The molecule has 2 aromatic rings. The molecule has 2 rings (SSSR count). The van der Waals surface area contributed by atoms with E-state index in [-0.39, 0.29) is 0 Å². The van der Waals surface area contributed by atoms with Crippen molar-refractivity contribution >= 4 is 11.6 Å². The molecule has 0 fully saturated rings. The Hall–Kier alpha value is -1.71. The summed E-state index contributed by atoms with van der Waals surface area (Å²) in [7, 11) is 0. The van der Waals surface area contributed by atoms with E-state index in [1.807, 2.05) is 37.3 Å². The van der Waals surface area contributed by atoms with Gasteiger partial charge in [-0.05, 0) is 30.7 Å². The molecular weight excluding hydrogens is 262 g/mol. The smallest absolute Gasteiger partial charge is 0.138 e. The topological polar surface area (TPSA) is 44.5 Å². The molecule has 0 aliphatic heterocycles. The van der Waals surface area contributed by atoms with Crippen molar-refractivity contribution in [2.45, 2.75) is 6.92 Å². The van der Waals surface area contributed by atoms with Crippen molar-refractivity contribution in [1.82, 2.24) is 0 Å². The van der Waals surface area contributed by atoms with Crippen molar-refractivity contribution < 1.29 is 9.47 Å². The van der Waals surface area contributed by atoms with E-state index in [1.165, 1.54) is 0 Å². The summed E-state index contributed by atoms with van der Waals surface area (Å²) in [5.41, 5.74) is 6.45. The molecule has 0 aliphatic rings. The van der Waals surface area contributed by atoms with Crippen LogP contribution in [0.15, 0.2) is 42.5 Å². The Morgan fingerprint density at radius 2 is 1.89 bits per heavy atom. The number of halogens is 1. The number of nitrogens with two attached hydrogens (primary N) is 1. The molecule has 0 atom stereocenters. The minimum absolute atomic E-state index is 0.442. The van der Waals surface area contributed by atoms with E-state index in [0.717, 1.165) is 11.3 Å². The SMILES string of the molecule is Cc1ccccc1Oc1ccc(OCCN)c(Cl)c1. The van der Waals surface area contributed by atoms with Gasteiger partial charge in [0.15, 0.2) is 0 Å². The maximum Gasteiger partial charge on any atom is 0.138 e. The molecular formula is C15H16ClNO2. The van der Waals surface area contributed by atoms with Crippen LogP contribution >= 0.6 is 11.6 Å². The molecule has 2 N–H and O–H groups in total. The normalized spacial score (nSPS) is 10.3. The van der Waals surface area contributed by atoms with E-state index in [9.17, 15) is 0 Å². The van der Waals surface area contributed by atoms with Crippen molar-refractivity contribution in [3.8, 4) is 17.2 Å². The third-order valence-electron chi connectivity index (χ3n) is 2.60. The van der Waals surface area contributed by atoms with Gasteiger partial charge >= 0.3 is 0 Å². The summed E-state index contributed by atoms with van der Waals surface area (Å²) in [6.45, 7) is 2.89. The summed E-state index contributed by atoms with van der Waals surface area (Å²) >= 11 is 6.13. The lowest BCUT2D eigenvalue weighted by molar-refractivity contribution is 0.328. The van der Waals surface area contributed by atoms with Crippen molar-refractivity contribution in [3.63, 3.8) is 0 Å². The highest BCUT2D eigenvalue weighted by atomic mass is 35.5. The first-order valence-electron chi connectivity index (χ1n) is 6.06. The number of ether oxygens (including phenoxy) is 2. The van der Waals surface area contributed by atoms with Crippen molar-refractivity contribution in [3.05, 3.63) is 53.1 Å². The lowest BCUT2D eigenvalue weighted by Crippen LogP contribution is -2.10. The number of hydrogen-bond acceptors (Lipinski definition) is 3. The molecule has 2 aromatic carbocycles. The second kappa shape index (κ2) is 6.45. The monoisotopic (exact) mass is 277 g/mol. The first-order valence-corrected chi connectivity index (χ1v) is 6.44. The lowest BCUT2D eigenvalue weighted by Gasteiger charge is -2.11. The molecule has 0 aromatic heterocycles. The maximum absolute atomic E-state index is 6.13. The van der Waals surface area contributed by atoms with Gasteiger partial charge in [-0.2, -0.15) is 0 Å². The van der Waals surface area contributed by atoms with Crippen LogP contribution in [0.1, 0.15) is 5.56 Å². The van der Waals surface area contributed by atoms with Crippen LogP contribution in [0.5, 0.6) is 17.2 Å². The molecule has 3 nitrogen and oxygen atoms in total.